The van der Waals surface area contributed by atoms with E-state index in [0.717, 1.165) is 33.6 Å². The van der Waals surface area contributed by atoms with E-state index in [1.165, 1.54) is 31.1 Å². The van der Waals surface area contributed by atoms with Gasteiger partial charge < -0.3 is 10.2 Å². The minimum absolute atomic E-state index is 0.0165. The summed E-state index contributed by atoms with van der Waals surface area (Å²) in [5.74, 6) is -1.56. The Morgan fingerprint density at radius 2 is 1.69 bits per heavy atom. The summed E-state index contributed by atoms with van der Waals surface area (Å²) in [5, 5.41) is 3.42. The Hall–Kier alpha value is -2.40. The lowest BCUT2D eigenvalue weighted by atomic mass is 10.1. The average molecular weight is 562 g/mol. The number of hydrogen-bond acceptors (Lipinski definition) is 4. The zero-order chi connectivity index (χ0) is 27.0. The lowest BCUT2D eigenvalue weighted by Gasteiger charge is -2.33. The zero-order valence-electron chi connectivity index (χ0n) is 20.7. The minimum atomic E-state index is -4.12. The van der Waals surface area contributed by atoms with Crippen molar-refractivity contribution in [2.45, 2.75) is 39.3 Å². The summed E-state index contributed by atoms with van der Waals surface area (Å²) in [6.07, 6.45) is 1.66. The third-order valence-electron chi connectivity index (χ3n) is 5.47. The number of nitrogens with one attached hydrogen (secondary N) is 1. The number of rotatable bonds is 12. The minimum Gasteiger partial charge on any atom is -0.354 e. The van der Waals surface area contributed by atoms with Crippen LogP contribution in [0.25, 0.3) is 0 Å². The van der Waals surface area contributed by atoms with Crippen LogP contribution in [-0.2, 0) is 26.3 Å². The monoisotopic (exact) mass is 560 g/mol. The molecule has 2 amide bonds. The fourth-order valence-electron chi connectivity index (χ4n) is 3.28. The zero-order valence-corrected chi connectivity index (χ0v) is 23.0. The first-order valence-corrected chi connectivity index (χ1v) is 13.5. The van der Waals surface area contributed by atoms with E-state index in [4.69, 9.17) is 23.2 Å². The van der Waals surface area contributed by atoms with Crippen LogP contribution in [0.2, 0.25) is 10.0 Å². The Balaban J connectivity index is 2.43. The molecule has 2 rings (SSSR count). The number of hydrogen-bond donors (Lipinski definition) is 1. The number of benzene rings is 2. The molecule has 198 valence electrons. The highest BCUT2D eigenvalue weighted by Crippen LogP contribution is 2.25. The first-order valence-electron chi connectivity index (χ1n) is 11.3. The standard InChI is InChI=1S/C24H31Cl2FN4O4S/c1-5-6-13-28-24(33)17(2)30(15-18-7-12-21(25)22(26)14-18)23(32)16-31(36(34,35)29(3)4)20-10-8-19(27)9-11-20/h7-12,14,17H,5-6,13,15-16H2,1-4H3,(H,28,33)/t17-/m0/s1. The average Bonchev–Trinajstić information content (AvgIpc) is 2.83. The molecular weight excluding hydrogens is 530 g/mol. The Morgan fingerprint density at radius 3 is 2.25 bits per heavy atom. The van der Waals surface area contributed by atoms with E-state index >= 15 is 0 Å². The molecule has 2 aromatic rings. The van der Waals surface area contributed by atoms with Gasteiger partial charge in [-0.15, -0.1) is 0 Å². The molecule has 12 heteroatoms. The largest absolute Gasteiger partial charge is 0.354 e. The first-order chi connectivity index (χ1) is 16.9. The van der Waals surface area contributed by atoms with Gasteiger partial charge in [0.15, 0.2) is 0 Å². The van der Waals surface area contributed by atoms with E-state index in [0.29, 0.717) is 17.1 Å². The van der Waals surface area contributed by atoms with Crippen LogP contribution in [0, 0.1) is 5.82 Å². The molecule has 0 bridgehead atoms. The van der Waals surface area contributed by atoms with Crippen LogP contribution in [0.1, 0.15) is 32.3 Å². The molecule has 0 aliphatic heterocycles. The third kappa shape index (κ3) is 7.80. The van der Waals surface area contributed by atoms with Gasteiger partial charge in [0.2, 0.25) is 11.8 Å². The normalized spacial score (nSPS) is 12.3. The molecule has 0 saturated heterocycles. The Labute approximate surface area is 222 Å². The predicted octanol–water partition coefficient (Wildman–Crippen LogP) is 4.08. The molecule has 36 heavy (non-hydrogen) atoms. The second kappa shape index (κ2) is 13.2. The molecule has 0 aliphatic rings. The quantitative estimate of drug-likeness (QED) is 0.396. The number of amides is 2. The molecule has 0 aromatic heterocycles. The smallest absolute Gasteiger partial charge is 0.304 e. The summed E-state index contributed by atoms with van der Waals surface area (Å²) >= 11 is 12.1. The van der Waals surface area contributed by atoms with Gasteiger partial charge >= 0.3 is 10.2 Å². The maximum Gasteiger partial charge on any atom is 0.304 e. The van der Waals surface area contributed by atoms with Crippen LogP contribution in [0.3, 0.4) is 0 Å². The molecule has 0 heterocycles. The first kappa shape index (κ1) is 29.8. The molecule has 0 radical (unpaired) electrons. The summed E-state index contributed by atoms with van der Waals surface area (Å²) in [6, 6.07) is 8.67. The molecular formula is C24H31Cl2FN4O4S. The summed E-state index contributed by atoms with van der Waals surface area (Å²) in [6.45, 7) is 3.38. The molecule has 0 saturated carbocycles. The second-order valence-corrected chi connectivity index (χ2v) is 11.2. The highest BCUT2D eigenvalue weighted by atomic mass is 35.5. The fourth-order valence-corrected chi connectivity index (χ4v) is 4.65. The third-order valence-corrected chi connectivity index (χ3v) is 8.03. The number of carbonyl (C=O) groups excluding carboxylic acids is 2. The van der Waals surface area contributed by atoms with Crippen molar-refractivity contribution in [1.29, 1.82) is 0 Å². The molecule has 1 N–H and O–H groups in total. The van der Waals surface area contributed by atoms with Gasteiger partial charge in [0.25, 0.3) is 0 Å². The summed E-state index contributed by atoms with van der Waals surface area (Å²) in [5.41, 5.74) is 0.711. The van der Waals surface area contributed by atoms with Crippen molar-refractivity contribution in [2.24, 2.45) is 0 Å². The van der Waals surface area contributed by atoms with Gasteiger partial charge in [0.1, 0.15) is 18.4 Å². The Kier molecular flexibility index (Phi) is 11.0. The predicted molar refractivity (Wildman–Crippen MR) is 141 cm³/mol. The van der Waals surface area contributed by atoms with E-state index in [1.807, 2.05) is 6.92 Å². The van der Waals surface area contributed by atoms with Gasteiger partial charge in [-0.05, 0) is 55.3 Å². The van der Waals surface area contributed by atoms with E-state index in [1.54, 1.807) is 25.1 Å². The molecule has 8 nitrogen and oxygen atoms in total. The Bertz CT molecular complexity index is 1160. The number of halogens is 3. The van der Waals surface area contributed by atoms with Crippen molar-refractivity contribution in [3.63, 3.8) is 0 Å². The van der Waals surface area contributed by atoms with E-state index in [-0.39, 0.29) is 23.2 Å². The van der Waals surface area contributed by atoms with Gasteiger partial charge in [0, 0.05) is 27.2 Å². The van der Waals surface area contributed by atoms with E-state index in [2.05, 4.69) is 5.32 Å². The van der Waals surface area contributed by atoms with Gasteiger partial charge in [-0.3, -0.25) is 9.59 Å². The van der Waals surface area contributed by atoms with Crippen molar-refractivity contribution in [3.05, 3.63) is 63.9 Å². The SMILES string of the molecule is CCCCNC(=O)[C@H](C)N(Cc1ccc(Cl)c(Cl)c1)C(=O)CN(c1ccc(F)cc1)S(=O)(=O)N(C)C. The summed E-state index contributed by atoms with van der Waals surface area (Å²) in [4.78, 5) is 27.7. The van der Waals surface area contributed by atoms with Crippen LogP contribution < -0.4 is 9.62 Å². The van der Waals surface area contributed by atoms with Gasteiger partial charge in [-0.2, -0.15) is 12.7 Å². The summed E-state index contributed by atoms with van der Waals surface area (Å²) in [7, 11) is -1.47. The highest BCUT2D eigenvalue weighted by molar-refractivity contribution is 7.90. The molecule has 0 aliphatic carbocycles. The maximum atomic E-state index is 13.6. The number of anilines is 1. The van der Waals surface area contributed by atoms with E-state index in [9.17, 15) is 22.4 Å². The van der Waals surface area contributed by atoms with Crippen LogP contribution in [0.5, 0.6) is 0 Å². The molecule has 0 fully saturated rings. The van der Waals surface area contributed by atoms with Crippen molar-refractivity contribution >= 4 is 50.9 Å². The van der Waals surface area contributed by atoms with Crippen LogP contribution in [0.15, 0.2) is 42.5 Å². The molecule has 1 atom stereocenters. The number of carbonyl (C=O) groups is 2. The topological polar surface area (TPSA) is 90.0 Å². The van der Waals surface area contributed by atoms with Crippen molar-refractivity contribution < 1.29 is 22.4 Å². The molecule has 0 unspecified atom stereocenters. The highest BCUT2D eigenvalue weighted by Gasteiger charge is 2.32. The van der Waals surface area contributed by atoms with Crippen molar-refractivity contribution in [2.75, 3.05) is 31.5 Å². The van der Waals surface area contributed by atoms with E-state index < -0.39 is 34.5 Å². The van der Waals surface area contributed by atoms with Crippen molar-refractivity contribution in [3.8, 4) is 0 Å². The lowest BCUT2D eigenvalue weighted by molar-refractivity contribution is -0.139. The fraction of sp³-hybridized carbons (Fsp3) is 0.417. The van der Waals surface area contributed by atoms with Crippen LogP contribution >= 0.6 is 23.2 Å². The summed E-state index contributed by atoms with van der Waals surface area (Å²) < 4.78 is 41.5. The van der Waals surface area contributed by atoms with Crippen molar-refractivity contribution in [1.82, 2.24) is 14.5 Å². The lowest BCUT2D eigenvalue weighted by Crippen LogP contribution is -2.52. The van der Waals surface area contributed by atoms with Crippen LogP contribution in [0.4, 0.5) is 10.1 Å². The molecule has 0 spiro atoms. The second-order valence-electron chi connectivity index (χ2n) is 8.36. The van der Waals surface area contributed by atoms with Gasteiger partial charge in [-0.1, -0.05) is 42.6 Å². The number of nitrogens with zero attached hydrogens (tertiary/aromatic N) is 3. The van der Waals surface area contributed by atoms with Gasteiger partial charge in [-0.25, -0.2) is 8.70 Å². The molecule has 2 aromatic carbocycles. The maximum absolute atomic E-state index is 13.6. The number of unbranched alkanes of at least 4 members (excludes halogenated alkanes) is 1. The van der Waals surface area contributed by atoms with Crippen LogP contribution in [-0.4, -0.2) is 62.7 Å². The van der Waals surface area contributed by atoms with Gasteiger partial charge in [0.05, 0.1) is 15.7 Å². The Morgan fingerprint density at radius 1 is 1.06 bits per heavy atom.